The quantitative estimate of drug-likeness (QED) is 0.168. The third-order valence-corrected chi connectivity index (χ3v) is 13.6. The van der Waals surface area contributed by atoms with Crippen LogP contribution in [0.15, 0.2) is 192 Å². The van der Waals surface area contributed by atoms with E-state index < -0.39 is 0 Å². The second kappa shape index (κ2) is 20.4. The maximum Gasteiger partial charge on any atom is 0.136 e. The Bertz CT molecular complexity index is 3250. The molecule has 0 bridgehead atoms. The average Bonchev–Trinajstić information content (AvgIpc) is 3.72. The van der Waals surface area contributed by atoms with Gasteiger partial charge in [0, 0.05) is 10.8 Å². The van der Waals surface area contributed by atoms with Crippen molar-refractivity contribution in [1.82, 2.24) is 0 Å². The molecule has 70 heavy (non-hydrogen) atoms. The Hall–Kier alpha value is -7.14. The fourth-order valence-corrected chi connectivity index (χ4v) is 9.09. The first kappa shape index (κ1) is 49.3. The van der Waals surface area contributed by atoms with Gasteiger partial charge < -0.3 is 4.42 Å². The minimum Gasteiger partial charge on any atom is -0.456 e. The second-order valence-corrected chi connectivity index (χ2v) is 22.3. The van der Waals surface area contributed by atoms with Crippen LogP contribution in [0.25, 0.3) is 72.0 Å². The molecule has 0 aliphatic heterocycles. The molecule has 0 N–H and O–H groups in total. The van der Waals surface area contributed by atoms with E-state index in [1.165, 1.54) is 90.7 Å². The topological polar surface area (TPSA) is 13.1 Å². The number of rotatable bonds is 5. The van der Waals surface area contributed by atoms with Crippen LogP contribution in [0.2, 0.25) is 0 Å². The van der Waals surface area contributed by atoms with Crippen LogP contribution in [0.1, 0.15) is 115 Å². The standard InChI is InChI=1S/C35H28O.C21H30.C13H12/c1-23-20-26(24-14-17-27(18-15-24)35(2,3)4)16-19-28(23)31-21-32-29-12-8-9-13-33(29)36-34(32)22-30(31)25-10-6-5-7-11-25;1-15-8-10-16(11-9-15)17-12-18(20(2,3)4)14-19(13-17)21(5,6)7;1-11-7-9-13(10-8-11)12-5-3-2-4-6-12/h6,8-22H,1-4H3;8,10,12-14H,9,11H2,1-7H3;2-10H,1H3. The Balaban J connectivity index is 0.000000163. The fraction of sp³-hybridized carbons (Fsp3) is 0.246. The lowest BCUT2D eigenvalue weighted by Crippen LogP contribution is -2.17. The molecular weight excluding hydrogens is 845 g/mol. The van der Waals surface area contributed by atoms with Crippen LogP contribution in [-0.2, 0) is 16.2 Å². The summed E-state index contributed by atoms with van der Waals surface area (Å²) in [5.41, 5.74) is 23.2. The molecule has 0 fully saturated rings. The minimum absolute atomic E-state index is 0.150. The molecule has 1 aromatic heterocycles. The van der Waals surface area contributed by atoms with Gasteiger partial charge in [-0.25, -0.2) is 0 Å². The van der Waals surface area contributed by atoms with Crippen LogP contribution in [0.3, 0.4) is 0 Å². The molecule has 0 saturated carbocycles. The molecule has 1 heteroatoms. The van der Waals surface area contributed by atoms with E-state index >= 15 is 0 Å². The van der Waals surface area contributed by atoms with Crippen LogP contribution in [-0.4, -0.2) is 0 Å². The smallest absolute Gasteiger partial charge is 0.136 e. The lowest BCUT2D eigenvalue weighted by atomic mass is 9.78. The van der Waals surface area contributed by atoms with Gasteiger partial charge in [0.15, 0.2) is 0 Å². The van der Waals surface area contributed by atoms with E-state index in [0.29, 0.717) is 0 Å². The molecule has 0 saturated heterocycles. The zero-order chi connectivity index (χ0) is 49.8. The lowest BCUT2D eigenvalue weighted by Gasteiger charge is -2.27. The molecule has 10 rings (SSSR count). The van der Waals surface area contributed by atoms with E-state index in [0.717, 1.165) is 33.1 Å². The highest BCUT2D eigenvalue weighted by molar-refractivity contribution is 6.09. The summed E-state index contributed by atoms with van der Waals surface area (Å²) in [5, 5.41) is 2.28. The third-order valence-electron chi connectivity index (χ3n) is 13.6. The molecule has 0 spiro atoms. The predicted molar refractivity (Wildman–Crippen MR) is 303 cm³/mol. The Kier molecular flexibility index (Phi) is 14.4. The van der Waals surface area contributed by atoms with Crippen LogP contribution in [0.4, 0.5) is 0 Å². The Labute approximate surface area is 419 Å². The molecule has 1 heterocycles. The van der Waals surface area contributed by atoms with Crippen molar-refractivity contribution >= 4 is 27.5 Å². The number of aryl methyl sites for hydroxylation is 2. The molecule has 8 aromatic carbocycles. The summed E-state index contributed by atoms with van der Waals surface area (Å²) in [6.45, 7) is 27.1. The van der Waals surface area contributed by atoms with Gasteiger partial charge in [0.2, 0.25) is 0 Å². The van der Waals surface area contributed by atoms with Crippen LogP contribution in [0.5, 0.6) is 0 Å². The number of fused-ring (bicyclic) bond motifs is 3. The molecule has 0 amide bonds. The number of hydrogen-bond acceptors (Lipinski definition) is 1. The van der Waals surface area contributed by atoms with Gasteiger partial charge in [0.25, 0.3) is 0 Å². The molecule has 0 unspecified atom stereocenters. The van der Waals surface area contributed by atoms with Crippen molar-refractivity contribution in [3.8, 4) is 44.5 Å². The van der Waals surface area contributed by atoms with Crippen molar-refractivity contribution in [3.63, 3.8) is 0 Å². The Morgan fingerprint density at radius 3 is 1.60 bits per heavy atom. The van der Waals surface area contributed by atoms with Gasteiger partial charge in [-0.2, -0.15) is 0 Å². The summed E-state index contributed by atoms with van der Waals surface area (Å²) < 4.78 is 6.23. The Morgan fingerprint density at radius 2 is 1.00 bits per heavy atom. The summed E-state index contributed by atoms with van der Waals surface area (Å²) in [6, 6.07) is 66.8. The first-order chi connectivity index (χ1) is 33.3. The molecule has 0 atom stereocenters. The maximum atomic E-state index is 6.23. The molecule has 9 aromatic rings. The van der Waals surface area contributed by atoms with E-state index in [1.54, 1.807) is 0 Å². The Morgan fingerprint density at radius 1 is 0.400 bits per heavy atom. The predicted octanol–water partition coefficient (Wildman–Crippen LogP) is 19.9. The SMILES string of the molecule is CC1=CC=C(c2cc(C(C)(C)C)cc(C(C)(C)C)c2)CC1.Cc1cc(-c2ccc(C(C)(C)C)cc2)ccc1-c1cc2c(cc1-c1cc#ccc1)oc1ccccc12.Cc1ccc(-c2ccccc2)cc1. The summed E-state index contributed by atoms with van der Waals surface area (Å²) in [7, 11) is 0. The normalized spacial score (nSPS) is 12.8. The van der Waals surface area contributed by atoms with E-state index in [-0.39, 0.29) is 16.2 Å². The summed E-state index contributed by atoms with van der Waals surface area (Å²) in [6.07, 6.45) is 6.95. The number of benzene rings is 7. The van der Waals surface area contributed by atoms with Crippen molar-refractivity contribution in [2.45, 2.75) is 112 Å². The number of furan rings is 1. The van der Waals surface area contributed by atoms with Gasteiger partial charge in [0.1, 0.15) is 11.2 Å². The van der Waals surface area contributed by atoms with E-state index in [9.17, 15) is 0 Å². The summed E-state index contributed by atoms with van der Waals surface area (Å²) in [4.78, 5) is 0. The van der Waals surface area contributed by atoms with Gasteiger partial charge in [0.05, 0.1) is 0 Å². The van der Waals surface area contributed by atoms with E-state index in [2.05, 4.69) is 247 Å². The van der Waals surface area contributed by atoms with Crippen molar-refractivity contribution < 1.29 is 4.42 Å². The van der Waals surface area contributed by atoms with Gasteiger partial charge in [-0.15, -0.1) is 0 Å². The first-order valence-corrected chi connectivity index (χ1v) is 25.0. The molecule has 352 valence electrons. The molecule has 1 aliphatic carbocycles. The highest BCUT2D eigenvalue weighted by Gasteiger charge is 2.22. The van der Waals surface area contributed by atoms with Gasteiger partial charge in [-0.3, -0.25) is 0 Å². The third kappa shape index (κ3) is 11.6. The largest absolute Gasteiger partial charge is 0.456 e. The number of allylic oxidation sites excluding steroid dienone is 4. The second-order valence-electron chi connectivity index (χ2n) is 22.3. The lowest BCUT2D eigenvalue weighted by molar-refractivity contribution is 0.568. The highest BCUT2D eigenvalue weighted by Crippen LogP contribution is 2.41. The fourth-order valence-electron chi connectivity index (χ4n) is 9.09. The van der Waals surface area contributed by atoms with E-state index in [4.69, 9.17) is 4.42 Å². The number of hydrogen-bond donors (Lipinski definition) is 0. The monoisotopic (exact) mass is 915 g/mol. The van der Waals surface area contributed by atoms with Crippen molar-refractivity contribution in [2.24, 2.45) is 0 Å². The van der Waals surface area contributed by atoms with Crippen molar-refractivity contribution in [2.75, 3.05) is 0 Å². The molecular formula is C69H70O. The van der Waals surface area contributed by atoms with Crippen molar-refractivity contribution in [1.29, 1.82) is 0 Å². The van der Waals surface area contributed by atoms with Crippen molar-refractivity contribution in [3.05, 3.63) is 233 Å². The van der Waals surface area contributed by atoms with Crippen LogP contribution >= 0.6 is 0 Å². The van der Waals surface area contributed by atoms with Gasteiger partial charge in [-0.1, -0.05) is 231 Å². The van der Waals surface area contributed by atoms with Crippen LogP contribution < -0.4 is 0 Å². The summed E-state index contributed by atoms with van der Waals surface area (Å²) >= 11 is 0. The zero-order valence-corrected chi connectivity index (χ0v) is 43.6. The van der Waals surface area contributed by atoms with Gasteiger partial charge >= 0.3 is 0 Å². The highest BCUT2D eigenvalue weighted by atomic mass is 16.3. The maximum absolute atomic E-state index is 6.23. The van der Waals surface area contributed by atoms with Crippen LogP contribution in [0, 0.1) is 26.0 Å². The summed E-state index contributed by atoms with van der Waals surface area (Å²) in [5.74, 6) is 0. The van der Waals surface area contributed by atoms with Gasteiger partial charge in [-0.05, 0) is 164 Å². The first-order valence-electron chi connectivity index (χ1n) is 25.0. The number of para-hydroxylation sites is 1. The average molecular weight is 915 g/mol. The molecule has 1 nitrogen and oxygen atoms in total. The zero-order valence-electron chi connectivity index (χ0n) is 43.6. The molecule has 1 aliphatic rings. The minimum atomic E-state index is 0.150. The molecule has 0 radical (unpaired) electrons. The van der Waals surface area contributed by atoms with E-state index in [1.807, 2.05) is 30.3 Å².